The van der Waals surface area contributed by atoms with Crippen LogP contribution in [0.5, 0.6) is 0 Å². The van der Waals surface area contributed by atoms with Crippen LogP contribution in [0.25, 0.3) is 11.1 Å². The molecule has 1 saturated carbocycles. The Hall–Kier alpha value is -2.45. The summed E-state index contributed by atoms with van der Waals surface area (Å²) in [5, 5.41) is 8.40. The van der Waals surface area contributed by atoms with Crippen molar-refractivity contribution in [3.8, 4) is 0 Å². The molecule has 8 nitrogen and oxygen atoms in total. The van der Waals surface area contributed by atoms with E-state index in [2.05, 4.69) is 34.3 Å². The van der Waals surface area contributed by atoms with Gasteiger partial charge >= 0.3 is 0 Å². The van der Waals surface area contributed by atoms with Crippen LogP contribution in [-0.4, -0.2) is 50.1 Å². The molecule has 0 aromatic carbocycles. The maximum Gasteiger partial charge on any atom is 0.259 e. The number of halogens is 1. The van der Waals surface area contributed by atoms with Gasteiger partial charge in [0.15, 0.2) is 0 Å². The van der Waals surface area contributed by atoms with Crippen LogP contribution in [-0.2, 0) is 7.05 Å². The number of aromatic nitrogens is 4. The number of piperazine rings is 1. The average Bonchev–Trinajstić information content (AvgIpc) is 3.34. The van der Waals surface area contributed by atoms with Gasteiger partial charge in [-0.25, -0.2) is 9.97 Å². The van der Waals surface area contributed by atoms with Gasteiger partial charge < -0.3 is 19.3 Å². The maximum atomic E-state index is 13.9. The van der Waals surface area contributed by atoms with Gasteiger partial charge in [0, 0.05) is 50.7 Å². The van der Waals surface area contributed by atoms with Gasteiger partial charge in [0.2, 0.25) is 0 Å². The largest absolute Gasteiger partial charge is 0.336 e. The first-order valence-electron chi connectivity index (χ1n) is 10.3. The number of rotatable bonds is 4. The summed E-state index contributed by atoms with van der Waals surface area (Å²) in [6, 6.07) is 1.86. The summed E-state index contributed by atoms with van der Waals surface area (Å²) in [5.41, 5.74) is 2.87. The molecular weight excluding hydrogens is 404 g/mol. The molecule has 2 aliphatic rings. The number of imidazole rings is 1. The van der Waals surface area contributed by atoms with Crippen LogP contribution in [0.3, 0.4) is 0 Å². The van der Waals surface area contributed by atoms with Crippen LogP contribution >= 0.6 is 12.4 Å². The molecule has 3 aromatic rings. The Kier molecular flexibility index (Phi) is 5.55. The van der Waals surface area contributed by atoms with Crippen molar-refractivity contribution in [1.29, 1.82) is 0 Å². The zero-order valence-electron chi connectivity index (χ0n) is 17.5. The number of hydrogen-bond donors (Lipinski definition) is 1. The number of amides is 1. The molecule has 1 atom stereocenters. The summed E-state index contributed by atoms with van der Waals surface area (Å²) in [5.74, 6) is 1.45. The minimum atomic E-state index is -0.119. The van der Waals surface area contributed by atoms with E-state index in [9.17, 15) is 4.79 Å². The fourth-order valence-electron chi connectivity index (χ4n) is 4.17. The quantitative estimate of drug-likeness (QED) is 0.683. The van der Waals surface area contributed by atoms with Crippen molar-refractivity contribution >= 4 is 29.4 Å². The van der Waals surface area contributed by atoms with E-state index in [4.69, 9.17) is 4.52 Å². The summed E-state index contributed by atoms with van der Waals surface area (Å²) < 4.78 is 7.55. The fourth-order valence-corrected chi connectivity index (χ4v) is 4.17. The van der Waals surface area contributed by atoms with Crippen molar-refractivity contribution in [2.24, 2.45) is 7.05 Å². The lowest BCUT2D eigenvalue weighted by molar-refractivity contribution is 0.0622. The molecule has 160 valence electrons. The van der Waals surface area contributed by atoms with E-state index in [0.717, 1.165) is 42.0 Å². The fraction of sp³-hybridized carbons (Fsp3) is 0.524. The van der Waals surface area contributed by atoms with Crippen molar-refractivity contribution in [1.82, 2.24) is 29.9 Å². The van der Waals surface area contributed by atoms with Crippen LogP contribution in [0, 0.1) is 0 Å². The first-order valence-corrected chi connectivity index (χ1v) is 10.3. The predicted molar refractivity (Wildman–Crippen MR) is 115 cm³/mol. The van der Waals surface area contributed by atoms with Crippen molar-refractivity contribution in [3.05, 3.63) is 41.2 Å². The van der Waals surface area contributed by atoms with Crippen molar-refractivity contribution < 1.29 is 9.32 Å². The Bertz CT molecular complexity index is 1070. The molecule has 0 bridgehead atoms. The van der Waals surface area contributed by atoms with Gasteiger partial charge in [-0.1, -0.05) is 19.0 Å². The molecule has 0 radical (unpaired) electrons. The number of fused-ring (bicyclic) bond motifs is 1. The Labute approximate surface area is 181 Å². The molecule has 1 amide bonds. The Balaban J connectivity index is 0.00000218. The minimum Gasteiger partial charge on any atom is -0.336 e. The number of carbonyl (C=O) groups is 1. The number of carbonyl (C=O) groups excluding carboxylic acids is 1. The molecule has 1 aliphatic carbocycles. The predicted octanol–water partition coefficient (Wildman–Crippen LogP) is 3.17. The van der Waals surface area contributed by atoms with Gasteiger partial charge in [-0.3, -0.25) is 4.79 Å². The highest BCUT2D eigenvalue weighted by molar-refractivity contribution is 6.06. The Morgan fingerprint density at radius 1 is 1.33 bits per heavy atom. The van der Waals surface area contributed by atoms with E-state index in [0.29, 0.717) is 30.3 Å². The van der Waals surface area contributed by atoms with Gasteiger partial charge in [-0.15, -0.1) is 12.4 Å². The first-order chi connectivity index (χ1) is 14.0. The summed E-state index contributed by atoms with van der Waals surface area (Å²) in [7, 11) is 1.96. The van der Waals surface area contributed by atoms with E-state index in [1.807, 2.05) is 28.8 Å². The van der Waals surface area contributed by atoms with E-state index >= 15 is 0 Å². The molecule has 1 saturated heterocycles. The van der Waals surface area contributed by atoms with Crippen LogP contribution < -0.4 is 5.32 Å². The van der Waals surface area contributed by atoms with Crippen molar-refractivity contribution in [2.75, 3.05) is 19.6 Å². The monoisotopic (exact) mass is 430 g/mol. The molecule has 2 fully saturated rings. The highest BCUT2D eigenvalue weighted by atomic mass is 35.5. The van der Waals surface area contributed by atoms with Crippen LogP contribution in [0.4, 0.5) is 0 Å². The Morgan fingerprint density at radius 3 is 2.80 bits per heavy atom. The second-order valence-corrected chi connectivity index (χ2v) is 8.39. The van der Waals surface area contributed by atoms with Gasteiger partial charge in [0.05, 0.1) is 16.6 Å². The smallest absolute Gasteiger partial charge is 0.259 e. The summed E-state index contributed by atoms with van der Waals surface area (Å²) in [6.07, 6.45) is 5.92. The number of hydrogen-bond acceptors (Lipinski definition) is 6. The minimum absolute atomic E-state index is 0. The highest BCUT2D eigenvalue weighted by Crippen LogP contribution is 2.41. The van der Waals surface area contributed by atoms with E-state index in [-0.39, 0.29) is 30.3 Å². The standard InChI is InChI=1S/C21H26N6O2.ClH/c1-12(2)18-17-14(10-15(13-4-5-13)24-20(17)29-25-18)21(28)27-9-6-22-11-16(27)19-23-7-8-26(19)3;/h7-8,10,12-13,16,22H,4-6,9,11H2,1-3H3;1H. The first kappa shape index (κ1) is 20.8. The topological polar surface area (TPSA) is 89.1 Å². The molecule has 1 unspecified atom stereocenters. The summed E-state index contributed by atoms with van der Waals surface area (Å²) in [4.78, 5) is 25.0. The van der Waals surface area contributed by atoms with Gasteiger partial charge in [-0.05, 0) is 24.8 Å². The maximum absolute atomic E-state index is 13.9. The second-order valence-electron chi connectivity index (χ2n) is 8.39. The number of pyridine rings is 1. The number of aryl methyl sites for hydroxylation is 1. The molecule has 0 spiro atoms. The zero-order valence-corrected chi connectivity index (χ0v) is 18.3. The lowest BCUT2D eigenvalue weighted by Gasteiger charge is -2.36. The SMILES string of the molecule is CC(C)c1noc2nc(C3CC3)cc(C(=O)N3CCNCC3c3nccn3C)c12.Cl. The molecular formula is C21H27ClN6O2. The van der Waals surface area contributed by atoms with E-state index in [1.54, 1.807) is 6.20 Å². The average molecular weight is 431 g/mol. The molecule has 3 aromatic heterocycles. The molecule has 1 N–H and O–H groups in total. The van der Waals surface area contributed by atoms with Gasteiger partial charge in [-0.2, -0.15) is 0 Å². The number of nitrogens with one attached hydrogen (secondary N) is 1. The van der Waals surface area contributed by atoms with Gasteiger partial charge in [0.1, 0.15) is 11.9 Å². The van der Waals surface area contributed by atoms with Crippen molar-refractivity contribution in [2.45, 2.75) is 44.6 Å². The molecule has 4 heterocycles. The zero-order chi connectivity index (χ0) is 20.1. The second kappa shape index (κ2) is 8.00. The molecule has 5 rings (SSSR count). The van der Waals surface area contributed by atoms with Gasteiger partial charge in [0.25, 0.3) is 11.6 Å². The van der Waals surface area contributed by atoms with Crippen LogP contribution in [0.1, 0.15) is 72.1 Å². The lowest BCUT2D eigenvalue weighted by Crippen LogP contribution is -2.49. The third kappa shape index (κ3) is 3.48. The molecule has 30 heavy (non-hydrogen) atoms. The van der Waals surface area contributed by atoms with Crippen molar-refractivity contribution in [3.63, 3.8) is 0 Å². The van der Waals surface area contributed by atoms with E-state index < -0.39 is 0 Å². The summed E-state index contributed by atoms with van der Waals surface area (Å²) >= 11 is 0. The van der Waals surface area contributed by atoms with Crippen LogP contribution in [0.2, 0.25) is 0 Å². The molecule has 1 aliphatic heterocycles. The summed E-state index contributed by atoms with van der Waals surface area (Å²) in [6.45, 7) is 6.18. The third-order valence-corrected chi connectivity index (χ3v) is 5.93. The normalized spacial score (nSPS) is 19.3. The third-order valence-electron chi connectivity index (χ3n) is 5.93. The Morgan fingerprint density at radius 2 is 2.13 bits per heavy atom. The number of nitrogens with zero attached hydrogens (tertiary/aromatic N) is 5. The lowest BCUT2D eigenvalue weighted by atomic mass is 10.00. The van der Waals surface area contributed by atoms with E-state index in [1.165, 1.54) is 0 Å². The molecule has 9 heteroatoms. The highest BCUT2D eigenvalue weighted by Gasteiger charge is 2.35. The van der Waals surface area contributed by atoms with Crippen LogP contribution in [0.15, 0.2) is 23.0 Å².